The zero-order valence-corrected chi connectivity index (χ0v) is 18.8. The van der Waals surface area contributed by atoms with Gasteiger partial charge in [-0.3, -0.25) is 4.79 Å². The van der Waals surface area contributed by atoms with Gasteiger partial charge in [0.05, 0.1) is 22.6 Å². The summed E-state index contributed by atoms with van der Waals surface area (Å²) in [7, 11) is 1.87. The van der Waals surface area contributed by atoms with E-state index in [2.05, 4.69) is 21.6 Å². The van der Waals surface area contributed by atoms with Crippen molar-refractivity contribution < 1.29 is 9.21 Å². The van der Waals surface area contributed by atoms with Gasteiger partial charge in [-0.2, -0.15) is 5.26 Å². The molecule has 156 valence electrons. The van der Waals surface area contributed by atoms with Gasteiger partial charge in [0, 0.05) is 11.9 Å². The third-order valence-electron chi connectivity index (χ3n) is 5.36. The molecule has 0 saturated carbocycles. The Balaban J connectivity index is 1.49. The molecule has 1 atom stereocenters. The monoisotopic (exact) mass is 441 g/mol. The second-order valence-electron chi connectivity index (χ2n) is 7.39. The number of thioether (sulfide) groups is 1. The number of carbonyl (C=O) groups is 1. The lowest BCUT2D eigenvalue weighted by Gasteiger charge is -2.11. The summed E-state index contributed by atoms with van der Waals surface area (Å²) in [5.41, 5.74) is 2.65. The van der Waals surface area contributed by atoms with E-state index in [1.54, 1.807) is 17.6 Å². The second-order valence-corrected chi connectivity index (χ2v) is 9.80. The second kappa shape index (κ2) is 8.66. The summed E-state index contributed by atoms with van der Waals surface area (Å²) in [6.07, 6.45) is 6.97. The Morgan fingerprint density at radius 1 is 1.37 bits per heavy atom. The highest BCUT2D eigenvalue weighted by Crippen LogP contribution is 2.37. The van der Waals surface area contributed by atoms with E-state index in [-0.39, 0.29) is 11.2 Å². The molecule has 3 heterocycles. The number of nitriles is 1. The van der Waals surface area contributed by atoms with Gasteiger partial charge in [0.2, 0.25) is 5.91 Å². The molecular formula is C21H23N5O2S2. The summed E-state index contributed by atoms with van der Waals surface area (Å²) in [6.45, 7) is 3.71. The van der Waals surface area contributed by atoms with Crippen molar-refractivity contribution in [3.05, 3.63) is 34.1 Å². The van der Waals surface area contributed by atoms with Crippen molar-refractivity contribution >= 4 is 34.0 Å². The fraction of sp³-hybridized carbons (Fsp3) is 0.429. The molecule has 9 heteroatoms. The molecule has 0 radical (unpaired) electrons. The molecule has 4 rings (SSSR count). The first-order chi connectivity index (χ1) is 14.5. The quantitative estimate of drug-likeness (QED) is 0.455. The van der Waals surface area contributed by atoms with Crippen molar-refractivity contribution in [1.82, 2.24) is 14.8 Å². The number of aryl methyl sites for hydroxylation is 2. The maximum atomic E-state index is 12.9. The normalized spacial score (nSPS) is 14.6. The molecule has 7 nitrogen and oxygen atoms in total. The average molecular weight is 442 g/mol. The molecule has 0 unspecified atom stereocenters. The van der Waals surface area contributed by atoms with Gasteiger partial charge in [0.25, 0.3) is 0 Å². The van der Waals surface area contributed by atoms with Crippen LogP contribution in [0.5, 0.6) is 0 Å². The molecule has 0 spiro atoms. The van der Waals surface area contributed by atoms with Crippen LogP contribution in [0.1, 0.15) is 48.0 Å². The average Bonchev–Trinajstić information content (AvgIpc) is 3.34. The number of anilines is 1. The van der Waals surface area contributed by atoms with E-state index >= 15 is 0 Å². The smallest absolute Gasteiger partial charge is 0.238 e. The topological polar surface area (TPSA) is 96.7 Å². The highest BCUT2D eigenvalue weighted by Gasteiger charge is 2.24. The van der Waals surface area contributed by atoms with Crippen LogP contribution >= 0.6 is 23.1 Å². The first kappa shape index (κ1) is 20.7. The summed E-state index contributed by atoms with van der Waals surface area (Å²) in [5, 5.41) is 22.1. The molecule has 1 amide bonds. The van der Waals surface area contributed by atoms with Crippen LogP contribution in [0.3, 0.4) is 0 Å². The summed E-state index contributed by atoms with van der Waals surface area (Å²) < 4.78 is 7.22. The third-order valence-corrected chi connectivity index (χ3v) is 7.70. The molecule has 0 saturated heterocycles. The van der Waals surface area contributed by atoms with Gasteiger partial charge in [-0.05, 0) is 51.2 Å². The zero-order valence-electron chi connectivity index (χ0n) is 17.2. The van der Waals surface area contributed by atoms with Crippen LogP contribution in [-0.2, 0) is 24.7 Å². The number of amides is 1. The van der Waals surface area contributed by atoms with Crippen molar-refractivity contribution in [1.29, 1.82) is 5.26 Å². The van der Waals surface area contributed by atoms with Gasteiger partial charge in [0.15, 0.2) is 11.0 Å². The Labute approximate surface area is 183 Å². The predicted molar refractivity (Wildman–Crippen MR) is 118 cm³/mol. The van der Waals surface area contributed by atoms with Crippen LogP contribution in [0, 0.1) is 18.3 Å². The summed E-state index contributed by atoms with van der Waals surface area (Å²) in [6, 6.07) is 4.17. The molecule has 30 heavy (non-hydrogen) atoms. The number of hydrogen-bond donors (Lipinski definition) is 1. The minimum atomic E-state index is -0.389. The van der Waals surface area contributed by atoms with Crippen LogP contribution in [-0.4, -0.2) is 25.9 Å². The first-order valence-electron chi connectivity index (χ1n) is 9.95. The molecule has 0 fully saturated rings. The maximum Gasteiger partial charge on any atom is 0.238 e. The van der Waals surface area contributed by atoms with Gasteiger partial charge in [0.1, 0.15) is 16.8 Å². The van der Waals surface area contributed by atoms with Gasteiger partial charge < -0.3 is 14.3 Å². The number of carbonyl (C=O) groups excluding carboxylic acids is 1. The van der Waals surface area contributed by atoms with Crippen molar-refractivity contribution in [2.45, 2.75) is 56.4 Å². The van der Waals surface area contributed by atoms with Crippen LogP contribution in [0.2, 0.25) is 0 Å². The minimum Gasteiger partial charge on any atom is -0.469 e. The SMILES string of the molecule is Cc1occc1-c1nnc(S[C@H](C)C(=O)Nc2sc3c(c2C#N)CCCCC3)n1C. The standard InChI is InChI=1S/C21H23N5O2S2/c1-12-14(9-10-28-12)18-24-25-21(26(18)3)29-13(2)19(27)23-20-16(11-22)15-7-5-4-6-8-17(15)30-20/h9-10,13H,4-8H2,1-3H3,(H,23,27)/t13-/m1/s1. The fourth-order valence-electron chi connectivity index (χ4n) is 3.64. The lowest BCUT2D eigenvalue weighted by Crippen LogP contribution is -2.22. The highest BCUT2D eigenvalue weighted by atomic mass is 32.2. The third kappa shape index (κ3) is 3.89. The van der Waals surface area contributed by atoms with Gasteiger partial charge in [-0.15, -0.1) is 21.5 Å². The van der Waals surface area contributed by atoms with Crippen molar-refractivity contribution in [3.63, 3.8) is 0 Å². The number of thiophene rings is 1. The number of nitrogens with zero attached hydrogens (tertiary/aromatic N) is 4. The Morgan fingerprint density at radius 3 is 2.90 bits per heavy atom. The first-order valence-corrected chi connectivity index (χ1v) is 11.6. The number of furan rings is 1. The number of nitrogens with one attached hydrogen (secondary N) is 1. The molecule has 3 aromatic rings. The molecule has 1 aliphatic rings. The van der Waals surface area contributed by atoms with E-state index in [1.807, 2.05) is 31.5 Å². The van der Waals surface area contributed by atoms with E-state index in [4.69, 9.17) is 4.42 Å². The van der Waals surface area contributed by atoms with Gasteiger partial charge in [-0.25, -0.2) is 0 Å². The molecule has 1 N–H and O–H groups in total. The fourth-order valence-corrected chi connectivity index (χ4v) is 5.70. The molecular weight excluding hydrogens is 418 g/mol. The molecule has 1 aliphatic carbocycles. The Morgan fingerprint density at radius 2 is 2.17 bits per heavy atom. The predicted octanol–water partition coefficient (Wildman–Crippen LogP) is 4.70. The summed E-state index contributed by atoms with van der Waals surface area (Å²) in [5.74, 6) is 1.33. The van der Waals surface area contributed by atoms with E-state index in [0.717, 1.165) is 42.6 Å². The molecule has 0 aromatic carbocycles. The Hall–Kier alpha value is -2.57. The van der Waals surface area contributed by atoms with Gasteiger partial charge in [-0.1, -0.05) is 18.2 Å². The maximum absolute atomic E-state index is 12.9. The van der Waals surface area contributed by atoms with E-state index in [0.29, 0.717) is 21.5 Å². The van der Waals surface area contributed by atoms with Crippen LogP contribution in [0.25, 0.3) is 11.4 Å². The van der Waals surface area contributed by atoms with Crippen molar-refractivity contribution in [3.8, 4) is 17.5 Å². The summed E-state index contributed by atoms with van der Waals surface area (Å²) >= 11 is 2.89. The lowest BCUT2D eigenvalue weighted by atomic mass is 10.1. The zero-order chi connectivity index (χ0) is 21.3. The molecule has 0 aliphatic heterocycles. The van der Waals surface area contributed by atoms with Crippen molar-refractivity contribution in [2.24, 2.45) is 7.05 Å². The Kier molecular flexibility index (Phi) is 5.97. The van der Waals surface area contributed by atoms with Crippen LogP contribution in [0.15, 0.2) is 21.9 Å². The van der Waals surface area contributed by atoms with E-state index < -0.39 is 0 Å². The van der Waals surface area contributed by atoms with Gasteiger partial charge >= 0.3 is 0 Å². The van der Waals surface area contributed by atoms with E-state index in [1.165, 1.54) is 23.1 Å². The number of fused-ring (bicyclic) bond motifs is 1. The largest absolute Gasteiger partial charge is 0.469 e. The number of rotatable bonds is 5. The van der Waals surface area contributed by atoms with Crippen molar-refractivity contribution in [2.75, 3.05) is 5.32 Å². The summed E-state index contributed by atoms with van der Waals surface area (Å²) in [4.78, 5) is 14.1. The number of hydrogen-bond acceptors (Lipinski definition) is 7. The molecule has 0 bridgehead atoms. The van der Waals surface area contributed by atoms with Crippen LogP contribution in [0.4, 0.5) is 5.00 Å². The number of aromatic nitrogens is 3. The lowest BCUT2D eigenvalue weighted by molar-refractivity contribution is -0.115. The van der Waals surface area contributed by atoms with E-state index in [9.17, 15) is 10.1 Å². The highest BCUT2D eigenvalue weighted by molar-refractivity contribution is 8.00. The van der Waals surface area contributed by atoms with Crippen LogP contribution < -0.4 is 5.32 Å². The minimum absolute atomic E-state index is 0.142. The molecule has 3 aromatic heterocycles. The Bertz CT molecular complexity index is 1120.